The second-order valence-electron chi connectivity index (χ2n) is 6.06. The fraction of sp³-hybridized carbons (Fsp3) is 0.800. The van der Waals surface area contributed by atoms with Gasteiger partial charge in [0, 0.05) is 31.4 Å². The van der Waals surface area contributed by atoms with Gasteiger partial charge in [-0.2, -0.15) is 5.10 Å². The van der Waals surface area contributed by atoms with E-state index in [9.17, 15) is 5.11 Å². The second-order valence-corrected chi connectivity index (χ2v) is 6.06. The van der Waals surface area contributed by atoms with E-state index in [-0.39, 0.29) is 0 Å². The number of aryl methyl sites for hydroxylation is 1. The Morgan fingerprint density at radius 3 is 2.68 bits per heavy atom. The molecule has 108 valence electrons. The second kappa shape index (κ2) is 6.06. The lowest BCUT2D eigenvalue weighted by Gasteiger charge is -2.36. The third kappa shape index (κ3) is 3.57. The lowest BCUT2D eigenvalue weighted by atomic mass is 9.78. The fourth-order valence-electron chi connectivity index (χ4n) is 2.95. The number of rotatable bonds is 5. The van der Waals surface area contributed by atoms with Crippen LogP contribution in [0, 0.1) is 12.8 Å². The van der Waals surface area contributed by atoms with Gasteiger partial charge >= 0.3 is 0 Å². The zero-order valence-electron chi connectivity index (χ0n) is 12.4. The van der Waals surface area contributed by atoms with Crippen LogP contribution in [0.15, 0.2) is 6.20 Å². The Morgan fingerprint density at radius 2 is 2.16 bits per heavy atom. The van der Waals surface area contributed by atoms with Crippen molar-refractivity contribution >= 4 is 0 Å². The van der Waals surface area contributed by atoms with E-state index in [0.717, 1.165) is 25.3 Å². The first kappa shape index (κ1) is 14.5. The van der Waals surface area contributed by atoms with E-state index in [0.29, 0.717) is 6.54 Å². The molecule has 1 aromatic heterocycles. The summed E-state index contributed by atoms with van der Waals surface area (Å²) in [5.41, 5.74) is 1.91. The zero-order valence-corrected chi connectivity index (χ0v) is 12.4. The van der Waals surface area contributed by atoms with Crippen LogP contribution in [0.2, 0.25) is 0 Å². The Bertz CT molecular complexity index is 406. The summed E-state index contributed by atoms with van der Waals surface area (Å²) < 4.78 is 1.89. The molecule has 1 aliphatic rings. The van der Waals surface area contributed by atoms with Gasteiger partial charge < -0.3 is 10.4 Å². The quantitative estimate of drug-likeness (QED) is 0.857. The molecule has 2 N–H and O–H groups in total. The Kier molecular flexibility index (Phi) is 4.63. The molecule has 1 fully saturated rings. The molecule has 0 aromatic carbocycles. The monoisotopic (exact) mass is 265 g/mol. The van der Waals surface area contributed by atoms with Crippen LogP contribution >= 0.6 is 0 Å². The van der Waals surface area contributed by atoms with Crippen molar-refractivity contribution in [3.63, 3.8) is 0 Å². The Balaban J connectivity index is 1.78. The predicted molar refractivity (Wildman–Crippen MR) is 76.9 cm³/mol. The van der Waals surface area contributed by atoms with E-state index in [2.05, 4.69) is 24.3 Å². The van der Waals surface area contributed by atoms with Crippen molar-refractivity contribution in [1.82, 2.24) is 15.1 Å². The maximum absolute atomic E-state index is 10.6. The maximum Gasteiger partial charge on any atom is 0.0771 e. The minimum absolute atomic E-state index is 0.498. The summed E-state index contributed by atoms with van der Waals surface area (Å²) in [6, 6.07) is 0. The fourth-order valence-corrected chi connectivity index (χ4v) is 2.95. The molecule has 19 heavy (non-hydrogen) atoms. The average Bonchev–Trinajstić information content (AvgIpc) is 2.72. The normalized spacial score (nSPS) is 27.7. The van der Waals surface area contributed by atoms with Gasteiger partial charge in [-0.1, -0.05) is 13.3 Å². The molecule has 0 amide bonds. The number of aliphatic hydroxyl groups is 1. The topological polar surface area (TPSA) is 50.1 Å². The van der Waals surface area contributed by atoms with Gasteiger partial charge in [-0.15, -0.1) is 0 Å². The lowest BCUT2D eigenvalue weighted by Crippen LogP contribution is -2.43. The molecule has 2 rings (SSSR count). The molecular weight excluding hydrogens is 238 g/mol. The molecule has 0 saturated heterocycles. The number of aromatic nitrogens is 2. The van der Waals surface area contributed by atoms with Gasteiger partial charge in [0.1, 0.15) is 0 Å². The van der Waals surface area contributed by atoms with Crippen molar-refractivity contribution in [2.45, 2.75) is 58.1 Å². The van der Waals surface area contributed by atoms with E-state index in [1.165, 1.54) is 30.5 Å². The van der Waals surface area contributed by atoms with Crippen LogP contribution in [-0.4, -0.2) is 27.0 Å². The Morgan fingerprint density at radius 1 is 1.47 bits per heavy atom. The van der Waals surface area contributed by atoms with Gasteiger partial charge in [-0.3, -0.25) is 4.68 Å². The van der Waals surface area contributed by atoms with Crippen molar-refractivity contribution in [3.05, 3.63) is 17.5 Å². The van der Waals surface area contributed by atoms with Crippen LogP contribution in [0.5, 0.6) is 0 Å². The lowest BCUT2D eigenvalue weighted by molar-refractivity contribution is -0.00882. The largest absolute Gasteiger partial charge is 0.389 e. The average molecular weight is 265 g/mol. The maximum atomic E-state index is 10.6. The highest BCUT2D eigenvalue weighted by molar-refractivity contribution is 5.15. The Labute approximate surface area is 116 Å². The van der Waals surface area contributed by atoms with Crippen molar-refractivity contribution in [3.8, 4) is 0 Å². The van der Waals surface area contributed by atoms with E-state index in [4.69, 9.17) is 0 Å². The summed E-state index contributed by atoms with van der Waals surface area (Å²) in [5, 5.41) is 18.2. The van der Waals surface area contributed by atoms with Gasteiger partial charge in [0.2, 0.25) is 0 Å². The minimum Gasteiger partial charge on any atom is -0.389 e. The highest BCUT2D eigenvalue weighted by Crippen LogP contribution is 2.33. The van der Waals surface area contributed by atoms with Crippen LogP contribution in [0.4, 0.5) is 0 Å². The van der Waals surface area contributed by atoms with E-state index >= 15 is 0 Å². The number of nitrogens with zero attached hydrogens (tertiary/aromatic N) is 2. The molecule has 0 atom stereocenters. The molecule has 4 heteroatoms. The summed E-state index contributed by atoms with van der Waals surface area (Å²) in [7, 11) is 1.96. The standard InChI is InChI=1S/C15H27N3O/c1-4-13-5-7-15(19,8-6-13)11-16-9-14-10-17-18(3)12(14)2/h10,13,16,19H,4-9,11H2,1-3H3. The van der Waals surface area contributed by atoms with Crippen LogP contribution in [0.3, 0.4) is 0 Å². The summed E-state index contributed by atoms with van der Waals surface area (Å²) >= 11 is 0. The van der Waals surface area contributed by atoms with Crippen LogP contribution in [0.25, 0.3) is 0 Å². The summed E-state index contributed by atoms with van der Waals surface area (Å²) in [5.74, 6) is 0.820. The molecule has 0 radical (unpaired) electrons. The smallest absolute Gasteiger partial charge is 0.0771 e. The highest BCUT2D eigenvalue weighted by Gasteiger charge is 2.32. The van der Waals surface area contributed by atoms with Crippen molar-refractivity contribution in [1.29, 1.82) is 0 Å². The van der Waals surface area contributed by atoms with Gasteiger partial charge in [0.15, 0.2) is 0 Å². The first-order chi connectivity index (χ1) is 9.04. The van der Waals surface area contributed by atoms with Gasteiger partial charge in [0.05, 0.1) is 11.8 Å². The third-order valence-corrected chi connectivity index (χ3v) is 4.72. The van der Waals surface area contributed by atoms with E-state index in [1.807, 2.05) is 17.9 Å². The van der Waals surface area contributed by atoms with Crippen LogP contribution in [-0.2, 0) is 13.6 Å². The molecule has 1 heterocycles. The molecular formula is C15H27N3O. The molecule has 0 unspecified atom stereocenters. The molecule has 1 aliphatic carbocycles. The summed E-state index contributed by atoms with van der Waals surface area (Å²) in [4.78, 5) is 0. The van der Waals surface area contributed by atoms with Crippen molar-refractivity contribution < 1.29 is 5.11 Å². The van der Waals surface area contributed by atoms with Crippen molar-refractivity contribution in [2.75, 3.05) is 6.54 Å². The Hall–Kier alpha value is -0.870. The zero-order chi connectivity index (χ0) is 13.9. The summed E-state index contributed by atoms with van der Waals surface area (Å²) in [6.07, 6.45) is 7.36. The summed E-state index contributed by atoms with van der Waals surface area (Å²) in [6.45, 7) is 5.81. The van der Waals surface area contributed by atoms with Gasteiger partial charge in [0.25, 0.3) is 0 Å². The predicted octanol–water partition coefficient (Wildman–Crippen LogP) is 2.15. The molecule has 0 spiro atoms. The number of hydrogen-bond acceptors (Lipinski definition) is 3. The van der Waals surface area contributed by atoms with E-state index < -0.39 is 5.60 Å². The number of nitrogens with one attached hydrogen (secondary N) is 1. The molecule has 1 saturated carbocycles. The molecule has 0 aliphatic heterocycles. The highest BCUT2D eigenvalue weighted by atomic mass is 16.3. The van der Waals surface area contributed by atoms with Gasteiger partial charge in [-0.25, -0.2) is 0 Å². The van der Waals surface area contributed by atoms with Crippen molar-refractivity contribution in [2.24, 2.45) is 13.0 Å². The minimum atomic E-state index is -0.498. The number of hydrogen-bond donors (Lipinski definition) is 2. The van der Waals surface area contributed by atoms with Gasteiger partial charge in [-0.05, 0) is 38.5 Å². The first-order valence-electron chi connectivity index (χ1n) is 7.44. The van der Waals surface area contributed by atoms with Crippen LogP contribution in [0.1, 0.15) is 50.3 Å². The SMILES string of the molecule is CCC1CCC(O)(CNCc2cnn(C)c2C)CC1. The first-order valence-corrected chi connectivity index (χ1v) is 7.44. The third-order valence-electron chi connectivity index (χ3n) is 4.72. The van der Waals surface area contributed by atoms with Crippen LogP contribution < -0.4 is 5.32 Å². The van der Waals surface area contributed by atoms with E-state index in [1.54, 1.807) is 0 Å². The molecule has 4 nitrogen and oxygen atoms in total. The molecule has 0 bridgehead atoms. The molecule has 1 aromatic rings.